The Balaban J connectivity index is 2.12. The van der Waals surface area contributed by atoms with Gasteiger partial charge >= 0.3 is 0 Å². The van der Waals surface area contributed by atoms with E-state index in [2.05, 4.69) is 15.4 Å². The molecule has 0 saturated heterocycles. The van der Waals surface area contributed by atoms with Crippen molar-refractivity contribution in [3.05, 3.63) is 45.7 Å². The third kappa shape index (κ3) is 3.76. The quantitative estimate of drug-likeness (QED) is 0.783. The molecule has 2 heterocycles. The first-order valence-electron chi connectivity index (χ1n) is 7.99. The fraction of sp³-hybridized carbons (Fsp3) is 0.333. The van der Waals surface area contributed by atoms with E-state index in [4.69, 9.17) is 0 Å². The van der Waals surface area contributed by atoms with Gasteiger partial charge in [-0.15, -0.1) is 11.3 Å². The lowest BCUT2D eigenvalue weighted by Crippen LogP contribution is -2.44. The summed E-state index contributed by atoms with van der Waals surface area (Å²) in [6, 6.07) is 9.62. The Kier molecular flexibility index (Phi) is 4.43. The first-order chi connectivity index (χ1) is 11.7. The summed E-state index contributed by atoms with van der Waals surface area (Å²) in [5.41, 5.74) is 1.21. The monoisotopic (exact) mass is 356 g/mol. The first-order valence-corrected chi connectivity index (χ1v) is 8.81. The Morgan fingerprint density at radius 2 is 1.92 bits per heavy atom. The third-order valence-corrected chi connectivity index (χ3v) is 4.44. The summed E-state index contributed by atoms with van der Waals surface area (Å²) in [6.45, 7) is 7.40. The van der Waals surface area contributed by atoms with Gasteiger partial charge in [-0.1, -0.05) is 30.3 Å². The van der Waals surface area contributed by atoms with Crippen molar-refractivity contribution in [2.75, 3.05) is 0 Å². The van der Waals surface area contributed by atoms with Crippen molar-refractivity contribution in [2.24, 2.45) is 0 Å². The van der Waals surface area contributed by atoms with Crippen molar-refractivity contribution in [3.8, 4) is 11.3 Å². The van der Waals surface area contributed by atoms with E-state index in [0.717, 1.165) is 15.3 Å². The van der Waals surface area contributed by atoms with E-state index in [0.29, 0.717) is 11.2 Å². The topological polar surface area (TPSA) is 76.9 Å². The molecule has 3 rings (SSSR count). The molecule has 0 aliphatic heterocycles. The zero-order valence-corrected chi connectivity index (χ0v) is 15.5. The second kappa shape index (κ2) is 6.40. The average Bonchev–Trinajstić information content (AvgIpc) is 2.91. The molecule has 2 aromatic heterocycles. The molecule has 0 radical (unpaired) electrons. The van der Waals surface area contributed by atoms with Gasteiger partial charge in [0, 0.05) is 11.1 Å². The van der Waals surface area contributed by atoms with E-state index >= 15 is 0 Å². The highest BCUT2D eigenvalue weighted by Crippen LogP contribution is 2.29. The van der Waals surface area contributed by atoms with Crippen LogP contribution in [0, 0.1) is 6.92 Å². The molecule has 0 unspecified atom stereocenters. The number of aromatic nitrogens is 3. The van der Waals surface area contributed by atoms with E-state index in [1.807, 2.05) is 58.0 Å². The molecular weight excluding hydrogens is 336 g/mol. The number of thiazole rings is 1. The van der Waals surface area contributed by atoms with Gasteiger partial charge in [0.05, 0.1) is 9.71 Å². The summed E-state index contributed by atoms with van der Waals surface area (Å²) in [5, 5.41) is 8.11. The van der Waals surface area contributed by atoms with Crippen LogP contribution in [0.3, 0.4) is 0 Å². The zero-order valence-electron chi connectivity index (χ0n) is 14.7. The molecule has 1 amide bonds. The van der Waals surface area contributed by atoms with Gasteiger partial charge in [0.15, 0.2) is 5.52 Å². The second-order valence-corrected chi connectivity index (χ2v) is 8.09. The van der Waals surface area contributed by atoms with Crippen LogP contribution in [-0.2, 0) is 11.3 Å². The predicted molar refractivity (Wildman–Crippen MR) is 99.7 cm³/mol. The molecule has 0 saturated carbocycles. The van der Waals surface area contributed by atoms with Crippen LogP contribution in [0.2, 0.25) is 0 Å². The van der Waals surface area contributed by atoms with Crippen LogP contribution < -0.4 is 10.9 Å². The van der Waals surface area contributed by atoms with Gasteiger partial charge in [-0.3, -0.25) is 9.59 Å². The van der Waals surface area contributed by atoms with Crippen LogP contribution in [-0.4, -0.2) is 26.2 Å². The van der Waals surface area contributed by atoms with Gasteiger partial charge in [0.25, 0.3) is 5.56 Å². The smallest absolute Gasteiger partial charge is 0.294 e. The number of fused-ring (bicyclic) bond motifs is 1. The number of carbonyl (C=O) groups excluding carboxylic acids is 1. The molecule has 0 fully saturated rings. The standard InChI is InChI=1S/C18H20N4O2S/c1-11-19-15-16(25-11)14(12-8-6-5-7-9-12)21-22(17(15)24)10-13(23)20-18(2,3)4/h5-9H,10H2,1-4H3,(H,20,23). The van der Waals surface area contributed by atoms with Gasteiger partial charge in [-0.25, -0.2) is 9.67 Å². The lowest BCUT2D eigenvalue weighted by Gasteiger charge is -2.20. The second-order valence-electron chi connectivity index (χ2n) is 6.89. The van der Waals surface area contributed by atoms with Crippen molar-refractivity contribution < 1.29 is 4.79 Å². The van der Waals surface area contributed by atoms with Gasteiger partial charge in [-0.05, 0) is 27.7 Å². The number of amides is 1. The fourth-order valence-corrected chi connectivity index (χ4v) is 3.47. The molecule has 0 spiro atoms. The number of benzene rings is 1. The molecule has 0 aliphatic rings. The molecule has 0 aliphatic carbocycles. The van der Waals surface area contributed by atoms with Gasteiger partial charge in [0.2, 0.25) is 5.91 Å². The van der Waals surface area contributed by atoms with Crippen molar-refractivity contribution >= 4 is 27.5 Å². The first kappa shape index (κ1) is 17.3. The Bertz CT molecular complexity index is 984. The molecule has 1 N–H and O–H groups in total. The summed E-state index contributed by atoms with van der Waals surface area (Å²) in [7, 11) is 0. The van der Waals surface area contributed by atoms with E-state index in [-0.39, 0.29) is 23.6 Å². The van der Waals surface area contributed by atoms with E-state index in [9.17, 15) is 9.59 Å². The number of nitrogens with one attached hydrogen (secondary N) is 1. The number of aryl methyl sites for hydroxylation is 1. The highest BCUT2D eigenvalue weighted by molar-refractivity contribution is 7.19. The summed E-state index contributed by atoms with van der Waals surface area (Å²) in [5.74, 6) is -0.257. The van der Waals surface area contributed by atoms with Crippen molar-refractivity contribution in [1.82, 2.24) is 20.1 Å². The average molecular weight is 356 g/mol. The SMILES string of the molecule is Cc1nc2c(=O)n(CC(=O)NC(C)(C)C)nc(-c3ccccc3)c2s1. The summed E-state index contributed by atoms with van der Waals surface area (Å²) in [4.78, 5) is 29.3. The van der Waals surface area contributed by atoms with E-state index < -0.39 is 0 Å². The minimum Gasteiger partial charge on any atom is -0.350 e. The van der Waals surface area contributed by atoms with E-state index in [1.54, 1.807) is 0 Å². The maximum absolute atomic E-state index is 12.7. The highest BCUT2D eigenvalue weighted by atomic mass is 32.1. The molecule has 3 aromatic rings. The van der Waals surface area contributed by atoms with Crippen LogP contribution in [0.25, 0.3) is 21.5 Å². The molecule has 130 valence electrons. The molecule has 25 heavy (non-hydrogen) atoms. The molecule has 7 heteroatoms. The largest absolute Gasteiger partial charge is 0.350 e. The fourth-order valence-electron chi connectivity index (χ4n) is 2.55. The predicted octanol–water partition coefficient (Wildman–Crippen LogP) is 2.74. The Morgan fingerprint density at radius 1 is 1.24 bits per heavy atom. The lowest BCUT2D eigenvalue weighted by molar-refractivity contribution is -0.123. The maximum atomic E-state index is 12.7. The number of hydrogen-bond donors (Lipinski definition) is 1. The number of carbonyl (C=O) groups is 1. The van der Waals surface area contributed by atoms with Crippen molar-refractivity contribution in [1.29, 1.82) is 0 Å². The summed E-state index contributed by atoms with van der Waals surface area (Å²) >= 11 is 1.44. The molecular formula is C18H20N4O2S. The number of hydrogen-bond acceptors (Lipinski definition) is 5. The Hall–Kier alpha value is -2.54. The molecule has 1 aromatic carbocycles. The normalized spacial score (nSPS) is 11.7. The van der Waals surface area contributed by atoms with Gasteiger partial charge in [0.1, 0.15) is 12.2 Å². The third-order valence-electron chi connectivity index (χ3n) is 3.46. The van der Waals surface area contributed by atoms with Crippen LogP contribution >= 0.6 is 11.3 Å². The minimum absolute atomic E-state index is 0.136. The van der Waals surface area contributed by atoms with E-state index in [1.165, 1.54) is 16.0 Å². The Morgan fingerprint density at radius 3 is 2.56 bits per heavy atom. The highest BCUT2D eigenvalue weighted by Gasteiger charge is 2.19. The van der Waals surface area contributed by atoms with Gasteiger partial charge in [-0.2, -0.15) is 5.10 Å². The minimum atomic E-state index is -0.371. The molecule has 0 bridgehead atoms. The van der Waals surface area contributed by atoms with Crippen molar-refractivity contribution in [2.45, 2.75) is 39.8 Å². The van der Waals surface area contributed by atoms with Gasteiger partial charge < -0.3 is 5.32 Å². The zero-order chi connectivity index (χ0) is 18.2. The van der Waals surface area contributed by atoms with Crippen LogP contribution in [0.5, 0.6) is 0 Å². The Labute approximate surface area is 149 Å². The number of rotatable bonds is 3. The van der Waals surface area contributed by atoms with Crippen LogP contribution in [0.15, 0.2) is 35.1 Å². The number of nitrogens with zero attached hydrogens (tertiary/aromatic N) is 3. The molecule has 0 atom stereocenters. The van der Waals surface area contributed by atoms with Crippen LogP contribution in [0.4, 0.5) is 0 Å². The maximum Gasteiger partial charge on any atom is 0.294 e. The summed E-state index contributed by atoms with van der Waals surface area (Å²) < 4.78 is 1.95. The summed E-state index contributed by atoms with van der Waals surface area (Å²) in [6.07, 6.45) is 0. The van der Waals surface area contributed by atoms with Crippen molar-refractivity contribution in [3.63, 3.8) is 0 Å². The molecule has 6 nitrogen and oxygen atoms in total. The van der Waals surface area contributed by atoms with Crippen LogP contribution in [0.1, 0.15) is 25.8 Å². The lowest BCUT2D eigenvalue weighted by atomic mass is 10.1.